The number of nitrogens with zero attached hydrogens (tertiary/aromatic N) is 3. The zero-order chi connectivity index (χ0) is 12.3. The largest absolute Gasteiger partial charge is 0.268 e. The molecule has 4 nitrogen and oxygen atoms in total. The van der Waals surface area contributed by atoms with Gasteiger partial charge in [0.1, 0.15) is 12.4 Å². The van der Waals surface area contributed by atoms with Gasteiger partial charge < -0.3 is 0 Å². The average Bonchev–Trinajstić information content (AvgIpc) is 2.33. The van der Waals surface area contributed by atoms with Gasteiger partial charge >= 0.3 is 0 Å². The summed E-state index contributed by atoms with van der Waals surface area (Å²) in [6.45, 7) is -0.103. The molecule has 1 aromatic heterocycles. The van der Waals surface area contributed by atoms with Crippen LogP contribution in [0, 0.1) is 17.1 Å². The molecule has 0 spiro atoms. The Morgan fingerprint density at radius 2 is 1.94 bits per heavy atom. The molecule has 0 radical (unpaired) electrons. The molecule has 0 unspecified atom stereocenters. The van der Waals surface area contributed by atoms with Crippen molar-refractivity contribution in [3.05, 3.63) is 52.6 Å². The fourth-order valence-electron chi connectivity index (χ4n) is 1.40. The Hall–Kier alpha value is -2.48. The molecular formula is C12H8FN3O. The minimum atomic E-state index is -0.336. The highest BCUT2D eigenvalue weighted by Gasteiger charge is 2.03. The van der Waals surface area contributed by atoms with E-state index in [0.29, 0.717) is 11.3 Å². The summed E-state index contributed by atoms with van der Waals surface area (Å²) < 4.78 is 13.8. The van der Waals surface area contributed by atoms with Crippen LogP contribution in [0.25, 0.3) is 11.3 Å². The van der Waals surface area contributed by atoms with Crippen molar-refractivity contribution in [2.45, 2.75) is 6.54 Å². The lowest BCUT2D eigenvalue weighted by Crippen LogP contribution is -2.21. The van der Waals surface area contributed by atoms with Gasteiger partial charge in [-0.1, -0.05) is 0 Å². The van der Waals surface area contributed by atoms with E-state index in [0.717, 1.165) is 4.68 Å². The van der Waals surface area contributed by atoms with Crippen molar-refractivity contribution < 1.29 is 4.39 Å². The number of aromatic nitrogens is 2. The van der Waals surface area contributed by atoms with Crippen molar-refractivity contribution in [1.82, 2.24) is 9.78 Å². The first-order valence-corrected chi connectivity index (χ1v) is 4.92. The number of nitriles is 1. The predicted octanol–water partition coefficient (Wildman–Crippen LogP) is 1.57. The van der Waals surface area contributed by atoms with Gasteiger partial charge in [-0.15, -0.1) is 0 Å². The molecule has 0 atom stereocenters. The molecule has 2 rings (SSSR count). The minimum Gasteiger partial charge on any atom is -0.268 e. The van der Waals surface area contributed by atoms with E-state index >= 15 is 0 Å². The van der Waals surface area contributed by atoms with Crippen molar-refractivity contribution in [1.29, 1.82) is 5.26 Å². The highest BCUT2D eigenvalue weighted by atomic mass is 19.1. The second kappa shape index (κ2) is 4.58. The zero-order valence-corrected chi connectivity index (χ0v) is 8.80. The lowest BCUT2D eigenvalue weighted by Gasteiger charge is -2.03. The molecule has 0 aliphatic carbocycles. The highest BCUT2D eigenvalue weighted by Crippen LogP contribution is 2.15. The smallest absolute Gasteiger partial charge is 0.267 e. The SMILES string of the molecule is N#CCn1nc(-c2ccc(F)cc2)ccc1=O. The van der Waals surface area contributed by atoms with E-state index in [1.54, 1.807) is 18.2 Å². The van der Waals surface area contributed by atoms with Crippen LogP contribution in [0.15, 0.2) is 41.2 Å². The second-order valence-electron chi connectivity index (χ2n) is 3.38. The summed E-state index contributed by atoms with van der Waals surface area (Å²) in [5, 5.41) is 12.6. The van der Waals surface area contributed by atoms with E-state index in [1.165, 1.54) is 18.2 Å². The predicted molar refractivity (Wildman–Crippen MR) is 59.5 cm³/mol. The van der Waals surface area contributed by atoms with E-state index in [-0.39, 0.29) is 17.9 Å². The van der Waals surface area contributed by atoms with Crippen molar-refractivity contribution in [2.75, 3.05) is 0 Å². The van der Waals surface area contributed by atoms with Gasteiger partial charge in [-0.2, -0.15) is 10.4 Å². The van der Waals surface area contributed by atoms with Gasteiger partial charge in [-0.3, -0.25) is 4.79 Å². The van der Waals surface area contributed by atoms with Crippen LogP contribution in [0.3, 0.4) is 0 Å². The Morgan fingerprint density at radius 3 is 2.59 bits per heavy atom. The van der Waals surface area contributed by atoms with Crippen LogP contribution < -0.4 is 5.56 Å². The van der Waals surface area contributed by atoms with Gasteiger partial charge in [0, 0.05) is 11.6 Å². The first kappa shape index (κ1) is 11.0. The van der Waals surface area contributed by atoms with Crippen LogP contribution in [0.4, 0.5) is 4.39 Å². The summed E-state index contributed by atoms with van der Waals surface area (Å²) in [6.07, 6.45) is 0. The van der Waals surface area contributed by atoms with Crippen molar-refractivity contribution >= 4 is 0 Å². The molecule has 0 saturated heterocycles. The Kier molecular flexibility index (Phi) is 2.97. The molecule has 0 amide bonds. The Balaban J connectivity index is 2.47. The third-order valence-electron chi connectivity index (χ3n) is 2.23. The number of hydrogen-bond donors (Lipinski definition) is 0. The molecule has 84 valence electrons. The molecule has 1 aromatic carbocycles. The van der Waals surface area contributed by atoms with Gasteiger partial charge in [0.2, 0.25) is 0 Å². The molecule has 0 bridgehead atoms. The van der Waals surface area contributed by atoms with Gasteiger partial charge in [0.15, 0.2) is 0 Å². The summed E-state index contributed by atoms with van der Waals surface area (Å²) in [6, 6.07) is 10.5. The normalized spacial score (nSPS) is 9.88. The van der Waals surface area contributed by atoms with Crippen LogP contribution in [0.1, 0.15) is 0 Å². The summed E-state index contributed by atoms with van der Waals surface area (Å²) in [4.78, 5) is 11.3. The van der Waals surface area contributed by atoms with E-state index < -0.39 is 0 Å². The molecule has 0 aliphatic heterocycles. The van der Waals surface area contributed by atoms with Crippen LogP contribution in [-0.4, -0.2) is 9.78 Å². The first-order chi connectivity index (χ1) is 8.20. The third-order valence-corrected chi connectivity index (χ3v) is 2.23. The van der Waals surface area contributed by atoms with E-state index in [2.05, 4.69) is 5.10 Å². The average molecular weight is 229 g/mol. The van der Waals surface area contributed by atoms with E-state index in [9.17, 15) is 9.18 Å². The standard InChI is InChI=1S/C12H8FN3O/c13-10-3-1-9(2-4-10)11-5-6-12(17)16(15-11)8-7-14/h1-6H,8H2. The summed E-state index contributed by atoms with van der Waals surface area (Å²) in [5.41, 5.74) is 0.885. The molecular weight excluding hydrogens is 221 g/mol. The van der Waals surface area contributed by atoms with Crippen LogP contribution in [-0.2, 0) is 6.54 Å². The van der Waals surface area contributed by atoms with Crippen LogP contribution >= 0.6 is 0 Å². The van der Waals surface area contributed by atoms with Gasteiger partial charge in [-0.25, -0.2) is 9.07 Å². The molecule has 2 aromatic rings. The van der Waals surface area contributed by atoms with Crippen LogP contribution in [0.2, 0.25) is 0 Å². The maximum Gasteiger partial charge on any atom is 0.267 e. The van der Waals surface area contributed by atoms with Crippen LogP contribution in [0.5, 0.6) is 0 Å². The molecule has 0 fully saturated rings. The molecule has 0 aliphatic rings. The van der Waals surface area contributed by atoms with Gasteiger partial charge in [-0.05, 0) is 30.3 Å². The fourth-order valence-corrected chi connectivity index (χ4v) is 1.40. The molecule has 0 saturated carbocycles. The van der Waals surface area contributed by atoms with E-state index in [4.69, 9.17) is 5.26 Å². The number of halogens is 1. The number of benzene rings is 1. The van der Waals surface area contributed by atoms with Crippen molar-refractivity contribution in [3.8, 4) is 17.3 Å². The van der Waals surface area contributed by atoms with Gasteiger partial charge in [0.05, 0.1) is 11.8 Å². The fraction of sp³-hybridized carbons (Fsp3) is 0.0833. The quantitative estimate of drug-likeness (QED) is 0.785. The number of rotatable bonds is 2. The second-order valence-corrected chi connectivity index (χ2v) is 3.38. The lowest BCUT2D eigenvalue weighted by atomic mass is 10.1. The first-order valence-electron chi connectivity index (χ1n) is 4.92. The Morgan fingerprint density at radius 1 is 1.24 bits per heavy atom. The highest BCUT2D eigenvalue weighted by molar-refractivity contribution is 5.57. The third kappa shape index (κ3) is 2.37. The lowest BCUT2D eigenvalue weighted by molar-refractivity contribution is 0.627. The topological polar surface area (TPSA) is 58.7 Å². The van der Waals surface area contributed by atoms with Gasteiger partial charge in [0.25, 0.3) is 5.56 Å². The maximum atomic E-state index is 12.7. The maximum absolute atomic E-state index is 12.7. The van der Waals surface area contributed by atoms with E-state index in [1.807, 2.05) is 6.07 Å². The summed E-state index contributed by atoms with van der Waals surface area (Å²) in [7, 11) is 0. The number of hydrogen-bond acceptors (Lipinski definition) is 3. The summed E-state index contributed by atoms with van der Waals surface area (Å²) >= 11 is 0. The Labute approximate surface area is 96.6 Å². The zero-order valence-electron chi connectivity index (χ0n) is 8.80. The van der Waals surface area contributed by atoms with Crippen molar-refractivity contribution in [3.63, 3.8) is 0 Å². The molecule has 17 heavy (non-hydrogen) atoms. The molecule has 5 heteroatoms. The summed E-state index contributed by atoms with van der Waals surface area (Å²) in [5.74, 6) is -0.334. The Bertz CT molecular complexity index is 625. The molecule has 1 heterocycles. The monoisotopic (exact) mass is 229 g/mol. The molecule has 0 N–H and O–H groups in total. The van der Waals surface area contributed by atoms with Crippen molar-refractivity contribution in [2.24, 2.45) is 0 Å². The minimum absolute atomic E-state index is 0.103.